The molecule has 0 amide bonds. The molecule has 0 aromatic carbocycles. The standard InChI is InChI=1S/C9H13NO3S/c1-3-8-4-5-9(10-6-8)7-13-14(2,11)12/h4-6H,3,7H2,1-2H3. The van der Waals surface area contributed by atoms with Gasteiger partial charge in [0.15, 0.2) is 0 Å². The molecular weight excluding hydrogens is 202 g/mol. The summed E-state index contributed by atoms with van der Waals surface area (Å²) in [5.74, 6) is 0. The highest BCUT2D eigenvalue weighted by molar-refractivity contribution is 7.85. The summed E-state index contributed by atoms with van der Waals surface area (Å²) in [4.78, 5) is 4.06. The number of hydrogen-bond acceptors (Lipinski definition) is 4. The molecule has 0 fully saturated rings. The van der Waals surface area contributed by atoms with E-state index in [1.54, 1.807) is 12.3 Å². The van der Waals surface area contributed by atoms with Gasteiger partial charge in [-0.2, -0.15) is 8.42 Å². The van der Waals surface area contributed by atoms with E-state index < -0.39 is 10.1 Å². The molecule has 4 nitrogen and oxygen atoms in total. The molecule has 14 heavy (non-hydrogen) atoms. The van der Waals surface area contributed by atoms with E-state index in [1.165, 1.54) is 0 Å². The number of nitrogens with zero attached hydrogens (tertiary/aromatic N) is 1. The van der Waals surface area contributed by atoms with Crippen molar-refractivity contribution in [2.75, 3.05) is 6.26 Å². The van der Waals surface area contributed by atoms with E-state index in [0.29, 0.717) is 5.69 Å². The summed E-state index contributed by atoms with van der Waals surface area (Å²) in [6, 6.07) is 3.68. The SMILES string of the molecule is CCc1ccc(COS(C)(=O)=O)nc1. The van der Waals surface area contributed by atoms with Crippen molar-refractivity contribution in [1.29, 1.82) is 0 Å². The fraction of sp³-hybridized carbons (Fsp3) is 0.444. The Balaban J connectivity index is 2.61. The molecule has 0 aliphatic rings. The Morgan fingerprint density at radius 1 is 1.43 bits per heavy atom. The van der Waals surface area contributed by atoms with Crippen LogP contribution in [0.15, 0.2) is 18.3 Å². The summed E-state index contributed by atoms with van der Waals surface area (Å²) in [5.41, 5.74) is 1.74. The van der Waals surface area contributed by atoms with Crippen molar-refractivity contribution in [3.05, 3.63) is 29.6 Å². The van der Waals surface area contributed by atoms with E-state index in [1.807, 2.05) is 13.0 Å². The van der Waals surface area contributed by atoms with Crippen molar-refractivity contribution in [2.45, 2.75) is 20.0 Å². The van der Waals surface area contributed by atoms with E-state index in [4.69, 9.17) is 0 Å². The first kappa shape index (κ1) is 11.1. The molecule has 1 rings (SSSR count). The van der Waals surface area contributed by atoms with Gasteiger partial charge in [0.25, 0.3) is 10.1 Å². The molecular formula is C9H13NO3S. The normalized spacial score (nSPS) is 11.6. The minimum absolute atomic E-state index is 0.00281. The first-order valence-electron chi connectivity index (χ1n) is 4.29. The maximum Gasteiger partial charge on any atom is 0.264 e. The zero-order chi connectivity index (χ0) is 10.6. The molecule has 0 atom stereocenters. The van der Waals surface area contributed by atoms with Crippen molar-refractivity contribution in [3.8, 4) is 0 Å². The highest BCUT2D eigenvalue weighted by atomic mass is 32.2. The van der Waals surface area contributed by atoms with Crippen molar-refractivity contribution >= 4 is 10.1 Å². The van der Waals surface area contributed by atoms with Crippen LogP contribution in [-0.2, 0) is 27.3 Å². The quantitative estimate of drug-likeness (QED) is 0.706. The molecule has 0 saturated heterocycles. The van der Waals surface area contributed by atoms with Crippen LogP contribution in [0.1, 0.15) is 18.2 Å². The molecule has 0 radical (unpaired) electrons. The smallest absolute Gasteiger partial charge is 0.264 e. The third kappa shape index (κ3) is 3.85. The van der Waals surface area contributed by atoms with Gasteiger partial charge in [0.05, 0.1) is 11.9 Å². The predicted octanol–water partition coefficient (Wildman–Crippen LogP) is 1.12. The lowest BCUT2D eigenvalue weighted by Gasteiger charge is -2.01. The van der Waals surface area contributed by atoms with Gasteiger partial charge in [-0.25, -0.2) is 0 Å². The van der Waals surface area contributed by atoms with Crippen molar-refractivity contribution in [1.82, 2.24) is 4.98 Å². The summed E-state index contributed by atoms with van der Waals surface area (Å²) in [5, 5.41) is 0. The predicted molar refractivity (Wildman–Crippen MR) is 53.2 cm³/mol. The lowest BCUT2D eigenvalue weighted by Crippen LogP contribution is -2.03. The third-order valence-electron chi connectivity index (χ3n) is 1.72. The summed E-state index contributed by atoms with van der Waals surface area (Å²) < 4.78 is 26.0. The Hall–Kier alpha value is -0.940. The maximum absolute atomic E-state index is 10.7. The number of aryl methyl sites for hydroxylation is 1. The summed E-state index contributed by atoms with van der Waals surface area (Å²) in [6.07, 6.45) is 3.66. The molecule has 1 aromatic heterocycles. The minimum atomic E-state index is -3.38. The number of aromatic nitrogens is 1. The molecule has 78 valence electrons. The second-order valence-corrected chi connectivity index (χ2v) is 4.62. The molecule has 0 unspecified atom stereocenters. The Kier molecular flexibility index (Phi) is 3.60. The topological polar surface area (TPSA) is 56.3 Å². The summed E-state index contributed by atoms with van der Waals surface area (Å²) in [7, 11) is -3.38. The van der Waals surface area contributed by atoms with Gasteiger partial charge < -0.3 is 0 Å². The fourth-order valence-electron chi connectivity index (χ4n) is 0.917. The van der Waals surface area contributed by atoms with Crippen LogP contribution in [0.25, 0.3) is 0 Å². The fourth-order valence-corrected chi connectivity index (χ4v) is 1.25. The molecule has 0 N–H and O–H groups in total. The van der Waals surface area contributed by atoms with Gasteiger partial charge in [-0.3, -0.25) is 9.17 Å². The average molecular weight is 215 g/mol. The molecule has 5 heteroatoms. The first-order chi connectivity index (χ1) is 6.51. The van der Waals surface area contributed by atoms with Crippen LogP contribution in [0, 0.1) is 0 Å². The Morgan fingerprint density at radius 3 is 2.57 bits per heavy atom. The van der Waals surface area contributed by atoms with Gasteiger partial charge in [0.2, 0.25) is 0 Å². The molecule has 0 aliphatic carbocycles. The minimum Gasteiger partial charge on any atom is -0.264 e. The highest BCUT2D eigenvalue weighted by Gasteiger charge is 2.02. The second-order valence-electron chi connectivity index (χ2n) is 2.98. The molecule has 0 saturated carbocycles. The van der Waals surface area contributed by atoms with Crippen LogP contribution in [0.5, 0.6) is 0 Å². The van der Waals surface area contributed by atoms with Crippen LogP contribution >= 0.6 is 0 Å². The summed E-state index contributed by atoms with van der Waals surface area (Å²) >= 11 is 0. The van der Waals surface area contributed by atoms with Crippen LogP contribution in [0.4, 0.5) is 0 Å². The number of pyridine rings is 1. The van der Waals surface area contributed by atoms with Crippen LogP contribution in [0.2, 0.25) is 0 Å². The Morgan fingerprint density at radius 2 is 2.14 bits per heavy atom. The largest absolute Gasteiger partial charge is 0.264 e. The third-order valence-corrected chi connectivity index (χ3v) is 2.26. The van der Waals surface area contributed by atoms with Crippen LogP contribution in [0.3, 0.4) is 0 Å². The van der Waals surface area contributed by atoms with Crippen molar-refractivity contribution in [2.24, 2.45) is 0 Å². The maximum atomic E-state index is 10.7. The van der Waals surface area contributed by atoms with Crippen molar-refractivity contribution in [3.63, 3.8) is 0 Å². The van der Waals surface area contributed by atoms with Gasteiger partial charge >= 0.3 is 0 Å². The van der Waals surface area contributed by atoms with Gasteiger partial charge in [-0.05, 0) is 18.1 Å². The van der Waals surface area contributed by atoms with E-state index >= 15 is 0 Å². The molecule has 1 heterocycles. The van der Waals surface area contributed by atoms with Crippen LogP contribution in [-0.4, -0.2) is 19.7 Å². The van der Waals surface area contributed by atoms with Gasteiger partial charge in [0, 0.05) is 6.20 Å². The Bertz CT molecular complexity index is 383. The molecule has 1 aromatic rings. The zero-order valence-corrected chi connectivity index (χ0v) is 9.04. The molecule has 0 aliphatic heterocycles. The number of hydrogen-bond donors (Lipinski definition) is 0. The number of rotatable bonds is 4. The lowest BCUT2D eigenvalue weighted by molar-refractivity contribution is 0.307. The first-order valence-corrected chi connectivity index (χ1v) is 6.11. The van der Waals surface area contributed by atoms with E-state index in [0.717, 1.165) is 18.2 Å². The molecule has 0 spiro atoms. The summed E-state index contributed by atoms with van der Waals surface area (Å²) in [6.45, 7) is 2.03. The van der Waals surface area contributed by atoms with E-state index in [-0.39, 0.29) is 6.61 Å². The highest BCUT2D eigenvalue weighted by Crippen LogP contribution is 2.03. The van der Waals surface area contributed by atoms with Gasteiger partial charge in [0.1, 0.15) is 6.61 Å². The van der Waals surface area contributed by atoms with E-state index in [9.17, 15) is 8.42 Å². The second kappa shape index (κ2) is 4.52. The Labute approximate surface area is 84.1 Å². The van der Waals surface area contributed by atoms with Gasteiger partial charge in [-0.1, -0.05) is 13.0 Å². The van der Waals surface area contributed by atoms with Crippen LogP contribution < -0.4 is 0 Å². The lowest BCUT2D eigenvalue weighted by atomic mass is 10.2. The monoisotopic (exact) mass is 215 g/mol. The zero-order valence-electron chi connectivity index (χ0n) is 8.23. The van der Waals surface area contributed by atoms with E-state index in [2.05, 4.69) is 9.17 Å². The van der Waals surface area contributed by atoms with Gasteiger partial charge in [-0.15, -0.1) is 0 Å². The molecule has 0 bridgehead atoms. The average Bonchev–Trinajstić information content (AvgIpc) is 2.14. The van der Waals surface area contributed by atoms with Crippen molar-refractivity contribution < 1.29 is 12.6 Å².